The molecule has 0 aliphatic carbocycles. The van der Waals surface area contributed by atoms with Gasteiger partial charge in [0.2, 0.25) is 11.8 Å². The number of likely N-dealkylation sites (tertiary alicyclic amines) is 1. The van der Waals surface area contributed by atoms with Gasteiger partial charge in [-0.3, -0.25) is 14.5 Å². The van der Waals surface area contributed by atoms with Crippen LogP contribution < -0.4 is 0 Å². The Morgan fingerprint density at radius 2 is 1.73 bits per heavy atom. The summed E-state index contributed by atoms with van der Waals surface area (Å²) in [5, 5.41) is -1.19. The van der Waals surface area contributed by atoms with Crippen molar-refractivity contribution in [3.8, 4) is 0 Å². The molecule has 1 aliphatic heterocycles. The molecule has 1 fully saturated rings. The molecule has 15 heavy (non-hydrogen) atoms. The maximum Gasteiger partial charge on any atom is 0.248 e. The normalized spacial score (nSPS) is 23.7. The molecule has 1 aliphatic rings. The van der Waals surface area contributed by atoms with Crippen molar-refractivity contribution in [3.05, 3.63) is 0 Å². The quantitative estimate of drug-likeness (QED) is 0.596. The van der Waals surface area contributed by atoms with E-state index in [1.165, 1.54) is 0 Å². The van der Waals surface area contributed by atoms with E-state index in [1.54, 1.807) is 20.8 Å². The Morgan fingerprint density at radius 1 is 1.27 bits per heavy atom. The van der Waals surface area contributed by atoms with Crippen LogP contribution in [0, 0.1) is 0 Å². The summed E-state index contributed by atoms with van der Waals surface area (Å²) in [5.41, 5.74) is -0.659. The molecular formula is C9H15NO4S. The average molecular weight is 233 g/mol. The third-order valence-corrected chi connectivity index (χ3v) is 3.69. The first-order valence-electron chi connectivity index (χ1n) is 4.61. The van der Waals surface area contributed by atoms with E-state index in [2.05, 4.69) is 0 Å². The molecule has 5 nitrogen and oxygen atoms in total. The Kier molecular flexibility index (Phi) is 2.67. The maximum atomic E-state index is 11.7. The largest absolute Gasteiger partial charge is 0.276 e. The standard InChI is InChI=1S/C9H15NO4S/c1-9(2,3)10-7(11)5-6(8(10)12)15(4,13)14/h6H,5H2,1-4H3. The van der Waals surface area contributed by atoms with Crippen LogP contribution in [0.15, 0.2) is 0 Å². The molecule has 0 aromatic carbocycles. The van der Waals surface area contributed by atoms with Gasteiger partial charge in [0.15, 0.2) is 9.84 Å². The van der Waals surface area contributed by atoms with Crippen molar-refractivity contribution in [1.29, 1.82) is 0 Å². The van der Waals surface area contributed by atoms with Gasteiger partial charge in [-0.15, -0.1) is 0 Å². The molecule has 2 amide bonds. The fourth-order valence-electron chi connectivity index (χ4n) is 1.64. The lowest BCUT2D eigenvalue weighted by atomic mass is 10.1. The predicted octanol–water partition coefficient (Wildman–Crippen LogP) is -0.0430. The highest BCUT2D eigenvalue weighted by atomic mass is 32.2. The van der Waals surface area contributed by atoms with Crippen LogP contribution in [0.2, 0.25) is 0 Å². The van der Waals surface area contributed by atoms with E-state index in [-0.39, 0.29) is 6.42 Å². The zero-order chi connectivity index (χ0) is 12.0. The molecule has 1 unspecified atom stereocenters. The number of carbonyl (C=O) groups excluding carboxylic acids is 2. The molecule has 0 radical (unpaired) electrons. The van der Waals surface area contributed by atoms with Crippen LogP contribution in [0.25, 0.3) is 0 Å². The van der Waals surface area contributed by atoms with E-state index in [1.807, 2.05) is 0 Å². The Balaban J connectivity index is 3.11. The van der Waals surface area contributed by atoms with Crippen molar-refractivity contribution >= 4 is 21.7 Å². The van der Waals surface area contributed by atoms with Gasteiger partial charge in [0.25, 0.3) is 0 Å². The minimum atomic E-state index is -3.49. The Morgan fingerprint density at radius 3 is 1.93 bits per heavy atom. The first-order chi connectivity index (χ1) is 6.55. The zero-order valence-corrected chi connectivity index (χ0v) is 10.1. The third-order valence-electron chi connectivity index (χ3n) is 2.29. The highest BCUT2D eigenvalue weighted by molar-refractivity contribution is 7.92. The van der Waals surface area contributed by atoms with Crippen LogP contribution in [-0.2, 0) is 19.4 Å². The molecule has 1 heterocycles. The van der Waals surface area contributed by atoms with Crippen molar-refractivity contribution in [2.45, 2.75) is 38.0 Å². The van der Waals surface area contributed by atoms with Crippen LogP contribution in [0.1, 0.15) is 27.2 Å². The van der Waals surface area contributed by atoms with Crippen molar-refractivity contribution in [2.75, 3.05) is 6.26 Å². The fourth-order valence-corrected chi connectivity index (χ4v) is 2.56. The average Bonchev–Trinajstić information content (AvgIpc) is 2.22. The number of carbonyl (C=O) groups is 2. The highest BCUT2D eigenvalue weighted by Crippen LogP contribution is 2.26. The molecule has 86 valence electrons. The maximum absolute atomic E-state index is 11.7. The van der Waals surface area contributed by atoms with Crippen LogP contribution in [0.5, 0.6) is 0 Å². The summed E-state index contributed by atoms with van der Waals surface area (Å²) in [6.07, 6.45) is 0.754. The zero-order valence-electron chi connectivity index (χ0n) is 9.27. The number of sulfone groups is 1. The van der Waals surface area contributed by atoms with Gasteiger partial charge in [-0.25, -0.2) is 8.42 Å². The number of imide groups is 1. The molecule has 1 rings (SSSR count). The molecular weight excluding hydrogens is 218 g/mol. The van der Waals surface area contributed by atoms with E-state index in [9.17, 15) is 18.0 Å². The predicted molar refractivity (Wildman–Crippen MR) is 54.9 cm³/mol. The summed E-state index contributed by atoms with van der Waals surface area (Å²) in [5.74, 6) is -1.02. The lowest BCUT2D eigenvalue weighted by Crippen LogP contribution is -2.46. The Bertz CT molecular complexity index is 404. The van der Waals surface area contributed by atoms with Crippen LogP contribution in [-0.4, -0.2) is 42.2 Å². The summed E-state index contributed by atoms with van der Waals surface area (Å²) in [6, 6.07) is 0. The number of hydrogen-bond donors (Lipinski definition) is 0. The van der Waals surface area contributed by atoms with E-state index >= 15 is 0 Å². The lowest BCUT2D eigenvalue weighted by Gasteiger charge is -2.29. The molecule has 1 atom stereocenters. The van der Waals surface area contributed by atoms with Gasteiger partial charge in [0.1, 0.15) is 5.25 Å². The van der Waals surface area contributed by atoms with Gasteiger partial charge < -0.3 is 0 Å². The second kappa shape index (κ2) is 3.30. The summed E-state index contributed by atoms with van der Waals surface area (Å²) in [6.45, 7) is 5.11. The van der Waals surface area contributed by atoms with Gasteiger partial charge in [-0.2, -0.15) is 0 Å². The summed E-state index contributed by atoms with van der Waals surface area (Å²) >= 11 is 0. The lowest BCUT2D eigenvalue weighted by molar-refractivity contribution is -0.143. The smallest absolute Gasteiger partial charge is 0.248 e. The summed E-state index contributed by atoms with van der Waals surface area (Å²) in [4.78, 5) is 24.3. The van der Waals surface area contributed by atoms with E-state index in [0.29, 0.717) is 0 Å². The number of amides is 2. The third kappa shape index (κ3) is 2.19. The monoisotopic (exact) mass is 233 g/mol. The highest BCUT2D eigenvalue weighted by Gasteiger charge is 2.48. The Labute approximate surface area is 89.4 Å². The van der Waals surface area contributed by atoms with Crippen LogP contribution in [0.4, 0.5) is 0 Å². The molecule has 6 heteroatoms. The SMILES string of the molecule is CC(C)(C)N1C(=O)CC(S(C)(=O)=O)C1=O. The number of hydrogen-bond acceptors (Lipinski definition) is 4. The summed E-state index contributed by atoms with van der Waals surface area (Å²) < 4.78 is 22.5. The van der Waals surface area contributed by atoms with E-state index < -0.39 is 32.4 Å². The number of rotatable bonds is 1. The first-order valence-corrected chi connectivity index (χ1v) is 6.56. The Hall–Kier alpha value is -0.910. The van der Waals surface area contributed by atoms with E-state index in [0.717, 1.165) is 11.2 Å². The fraction of sp³-hybridized carbons (Fsp3) is 0.778. The van der Waals surface area contributed by atoms with Crippen LogP contribution in [0.3, 0.4) is 0 Å². The number of nitrogens with zero attached hydrogens (tertiary/aromatic N) is 1. The van der Waals surface area contributed by atoms with Gasteiger partial charge in [0.05, 0.1) is 6.42 Å². The van der Waals surface area contributed by atoms with Crippen molar-refractivity contribution in [3.63, 3.8) is 0 Å². The first kappa shape index (κ1) is 12.2. The van der Waals surface area contributed by atoms with Crippen LogP contribution >= 0.6 is 0 Å². The molecule has 0 bridgehead atoms. The van der Waals surface area contributed by atoms with Gasteiger partial charge in [-0.05, 0) is 20.8 Å². The second-order valence-corrected chi connectivity index (χ2v) is 6.99. The molecule has 0 aromatic rings. The summed E-state index contributed by atoms with van der Waals surface area (Å²) in [7, 11) is -3.49. The minimum Gasteiger partial charge on any atom is -0.276 e. The van der Waals surface area contributed by atoms with Gasteiger partial charge in [-0.1, -0.05) is 0 Å². The molecule has 1 saturated heterocycles. The molecule has 0 saturated carbocycles. The van der Waals surface area contributed by atoms with Gasteiger partial charge >= 0.3 is 0 Å². The molecule has 0 spiro atoms. The van der Waals surface area contributed by atoms with Gasteiger partial charge in [0, 0.05) is 11.8 Å². The second-order valence-electron chi connectivity index (χ2n) is 4.76. The van der Waals surface area contributed by atoms with Crippen molar-refractivity contribution < 1.29 is 18.0 Å². The van der Waals surface area contributed by atoms with Crippen molar-refractivity contribution in [2.24, 2.45) is 0 Å². The topological polar surface area (TPSA) is 71.5 Å². The minimum absolute atomic E-state index is 0.227. The molecule has 0 aromatic heterocycles. The van der Waals surface area contributed by atoms with Crippen molar-refractivity contribution in [1.82, 2.24) is 4.90 Å². The van der Waals surface area contributed by atoms with E-state index in [4.69, 9.17) is 0 Å². The molecule has 0 N–H and O–H groups in total.